The Morgan fingerprint density at radius 2 is 1.39 bits per heavy atom. The van der Waals surface area contributed by atoms with Crippen molar-refractivity contribution in [2.75, 3.05) is 0 Å². The van der Waals surface area contributed by atoms with Gasteiger partial charge in [0.15, 0.2) is 0 Å². The van der Waals surface area contributed by atoms with E-state index in [0.717, 1.165) is 24.0 Å². The molecule has 2 aromatic heterocycles. The van der Waals surface area contributed by atoms with Crippen molar-refractivity contribution in [1.29, 1.82) is 0 Å². The summed E-state index contributed by atoms with van der Waals surface area (Å²) in [5.41, 5.74) is 1.78. The van der Waals surface area contributed by atoms with Crippen molar-refractivity contribution in [3.8, 4) is 11.5 Å². The van der Waals surface area contributed by atoms with Crippen LogP contribution in [-0.2, 0) is 12.8 Å². The summed E-state index contributed by atoms with van der Waals surface area (Å²) in [6.45, 7) is 5.81. The van der Waals surface area contributed by atoms with Crippen LogP contribution in [0, 0.1) is 0 Å². The van der Waals surface area contributed by atoms with Crippen LogP contribution in [0.15, 0.2) is 54.8 Å². The first-order chi connectivity index (χ1) is 14.9. The summed E-state index contributed by atoms with van der Waals surface area (Å²) in [7, 11) is 0. The summed E-state index contributed by atoms with van der Waals surface area (Å²) < 4.78 is 17.1. The standard InChI is InChI=1S/C25H22O6/c1-4-13-6-8-17-15(10-13)22(26)20(24(27)30-17)19-12(3)29-23-16-11-14(5-2)7-9-18(16)31-25(28)21(19)23/h6-12,19,26H,4-5H2,1-3H3. The van der Waals surface area contributed by atoms with Crippen molar-refractivity contribution in [3.05, 3.63) is 79.5 Å². The third kappa shape index (κ3) is 2.86. The average molecular weight is 418 g/mol. The van der Waals surface area contributed by atoms with Crippen molar-refractivity contribution in [2.24, 2.45) is 0 Å². The van der Waals surface area contributed by atoms with Crippen LogP contribution in [0.5, 0.6) is 11.5 Å². The van der Waals surface area contributed by atoms with Gasteiger partial charge in [-0.2, -0.15) is 0 Å². The maximum atomic E-state index is 12.9. The molecular weight excluding hydrogens is 396 g/mol. The monoisotopic (exact) mass is 418 g/mol. The Bertz CT molecular complexity index is 1460. The molecular formula is C25H22O6. The molecule has 2 atom stereocenters. The summed E-state index contributed by atoms with van der Waals surface area (Å²) in [6.07, 6.45) is 1.03. The molecule has 1 N–H and O–H groups in total. The number of fused-ring (bicyclic) bond motifs is 4. The number of hydrogen-bond acceptors (Lipinski definition) is 6. The number of rotatable bonds is 3. The SMILES string of the molecule is CCc1ccc2oc(=O)c(C3c4c(c5cc(CC)ccc5oc4=O)OC3C)c(O)c2c1. The summed E-state index contributed by atoms with van der Waals surface area (Å²) >= 11 is 0. The van der Waals surface area contributed by atoms with Gasteiger partial charge >= 0.3 is 11.3 Å². The molecule has 6 nitrogen and oxygen atoms in total. The lowest BCUT2D eigenvalue weighted by molar-refractivity contribution is 0.237. The van der Waals surface area contributed by atoms with E-state index in [4.69, 9.17) is 13.6 Å². The maximum absolute atomic E-state index is 12.9. The van der Waals surface area contributed by atoms with Gasteiger partial charge in [0.1, 0.15) is 28.8 Å². The fourth-order valence-corrected chi connectivity index (χ4v) is 4.46. The maximum Gasteiger partial charge on any atom is 0.344 e. The minimum absolute atomic E-state index is 0.0188. The molecule has 1 aliphatic rings. The number of aryl methyl sites for hydroxylation is 2. The molecule has 0 saturated carbocycles. The van der Waals surface area contributed by atoms with E-state index in [1.165, 1.54) is 0 Å². The number of benzene rings is 2. The number of aromatic hydroxyl groups is 1. The van der Waals surface area contributed by atoms with Gasteiger partial charge in [-0.05, 0) is 55.2 Å². The average Bonchev–Trinajstić information content (AvgIpc) is 3.11. The highest BCUT2D eigenvalue weighted by molar-refractivity contribution is 5.88. The summed E-state index contributed by atoms with van der Waals surface area (Å²) in [6, 6.07) is 10.9. The number of hydrogen-bond donors (Lipinski definition) is 1. The van der Waals surface area contributed by atoms with Gasteiger partial charge in [-0.3, -0.25) is 0 Å². The minimum atomic E-state index is -0.799. The Balaban J connectivity index is 1.80. The molecule has 4 aromatic rings. The van der Waals surface area contributed by atoms with Crippen molar-refractivity contribution < 1.29 is 18.7 Å². The third-order valence-corrected chi connectivity index (χ3v) is 6.14. The molecule has 2 aromatic carbocycles. The lowest BCUT2D eigenvalue weighted by Crippen LogP contribution is -2.24. The summed E-state index contributed by atoms with van der Waals surface area (Å²) in [4.78, 5) is 25.8. The van der Waals surface area contributed by atoms with Crippen LogP contribution in [0.3, 0.4) is 0 Å². The van der Waals surface area contributed by atoms with Crippen LogP contribution in [0.25, 0.3) is 21.9 Å². The van der Waals surface area contributed by atoms with Gasteiger partial charge < -0.3 is 18.7 Å². The van der Waals surface area contributed by atoms with E-state index in [2.05, 4.69) is 0 Å². The molecule has 2 unspecified atom stereocenters. The largest absolute Gasteiger partial charge is 0.507 e. The zero-order valence-corrected chi connectivity index (χ0v) is 17.5. The quantitative estimate of drug-likeness (QED) is 0.488. The van der Waals surface area contributed by atoms with E-state index in [1.807, 2.05) is 32.0 Å². The zero-order valence-electron chi connectivity index (χ0n) is 17.5. The molecule has 158 valence electrons. The first kappa shape index (κ1) is 19.4. The minimum Gasteiger partial charge on any atom is -0.507 e. The van der Waals surface area contributed by atoms with Crippen molar-refractivity contribution in [2.45, 2.75) is 45.6 Å². The van der Waals surface area contributed by atoms with Gasteiger partial charge in [0, 0.05) is 0 Å². The molecule has 5 rings (SSSR count). The third-order valence-electron chi connectivity index (χ3n) is 6.14. The van der Waals surface area contributed by atoms with Crippen LogP contribution in [0.1, 0.15) is 48.9 Å². The topological polar surface area (TPSA) is 89.9 Å². The second kappa shape index (κ2) is 7.01. The van der Waals surface area contributed by atoms with E-state index in [-0.39, 0.29) is 16.9 Å². The van der Waals surface area contributed by atoms with Crippen LogP contribution < -0.4 is 16.0 Å². The van der Waals surface area contributed by atoms with Gasteiger partial charge in [-0.1, -0.05) is 26.0 Å². The van der Waals surface area contributed by atoms with Crippen LogP contribution >= 0.6 is 0 Å². The summed E-state index contributed by atoms with van der Waals surface area (Å²) in [5, 5.41) is 12.2. The molecule has 1 aliphatic heterocycles. The highest BCUT2D eigenvalue weighted by atomic mass is 16.5. The second-order valence-electron chi connectivity index (χ2n) is 7.95. The predicted molar refractivity (Wildman–Crippen MR) is 117 cm³/mol. The van der Waals surface area contributed by atoms with Gasteiger partial charge in [-0.25, -0.2) is 9.59 Å². The summed E-state index contributed by atoms with van der Waals surface area (Å²) in [5.74, 6) is -0.580. The molecule has 3 heterocycles. The predicted octanol–water partition coefficient (Wildman–Crippen LogP) is 4.64. The molecule has 31 heavy (non-hydrogen) atoms. The van der Waals surface area contributed by atoms with E-state index < -0.39 is 23.3 Å². The van der Waals surface area contributed by atoms with Crippen LogP contribution in [0.2, 0.25) is 0 Å². The molecule has 0 amide bonds. The first-order valence-electron chi connectivity index (χ1n) is 10.5. The number of ether oxygens (including phenoxy) is 1. The molecule has 0 fully saturated rings. The normalized spacial score (nSPS) is 17.8. The van der Waals surface area contributed by atoms with Crippen LogP contribution in [-0.4, -0.2) is 11.2 Å². The second-order valence-corrected chi connectivity index (χ2v) is 7.95. The molecule has 0 spiro atoms. The molecule has 0 radical (unpaired) electrons. The molecule has 0 aliphatic carbocycles. The Hall–Kier alpha value is -3.54. The van der Waals surface area contributed by atoms with Gasteiger partial charge in [0.25, 0.3) is 0 Å². The first-order valence-corrected chi connectivity index (χ1v) is 10.5. The van der Waals surface area contributed by atoms with Crippen molar-refractivity contribution >= 4 is 21.9 Å². The Morgan fingerprint density at radius 3 is 2.00 bits per heavy atom. The Labute approximate surface area is 177 Å². The van der Waals surface area contributed by atoms with Crippen molar-refractivity contribution in [1.82, 2.24) is 0 Å². The highest BCUT2D eigenvalue weighted by Gasteiger charge is 2.41. The molecule has 0 bridgehead atoms. The lowest BCUT2D eigenvalue weighted by Gasteiger charge is -2.15. The highest BCUT2D eigenvalue weighted by Crippen LogP contribution is 2.46. The lowest BCUT2D eigenvalue weighted by atomic mass is 9.88. The molecule has 0 saturated heterocycles. The fourth-order valence-electron chi connectivity index (χ4n) is 4.46. The van der Waals surface area contributed by atoms with E-state index in [0.29, 0.717) is 27.7 Å². The molecule has 6 heteroatoms. The Morgan fingerprint density at radius 1 is 0.839 bits per heavy atom. The van der Waals surface area contributed by atoms with Crippen LogP contribution in [0.4, 0.5) is 0 Å². The fraction of sp³-hybridized carbons (Fsp3) is 0.280. The van der Waals surface area contributed by atoms with E-state index >= 15 is 0 Å². The Kier molecular flexibility index (Phi) is 4.39. The zero-order chi connectivity index (χ0) is 21.9. The smallest absolute Gasteiger partial charge is 0.344 e. The van der Waals surface area contributed by atoms with Gasteiger partial charge in [0.05, 0.1) is 27.8 Å². The van der Waals surface area contributed by atoms with E-state index in [9.17, 15) is 14.7 Å². The van der Waals surface area contributed by atoms with Gasteiger partial charge in [-0.15, -0.1) is 0 Å². The van der Waals surface area contributed by atoms with Crippen molar-refractivity contribution in [3.63, 3.8) is 0 Å². The van der Waals surface area contributed by atoms with E-state index in [1.54, 1.807) is 25.1 Å². The van der Waals surface area contributed by atoms with Gasteiger partial charge in [0.2, 0.25) is 0 Å².